The van der Waals surface area contributed by atoms with Gasteiger partial charge in [-0.05, 0) is 11.1 Å². The third-order valence-corrected chi connectivity index (χ3v) is 3.71. The first-order valence-electron chi connectivity index (χ1n) is 7.36. The SMILES string of the molecule is [C-]1=C(C=C(c2ccccc2)c2ccccc2)CCCC1.[Li+]. The summed E-state index contributed by atoms with van der Waals surface area (Å²) in [5, 5.41) is 0. The molecule has 100 valence electrons. The number of hydrogen-bond acceptors (Lipinski definition) is 0. The first kappa shape index (κ1) is 15.9. The third kappa shape index (κ3) is 4.24. The fourth-order valence-corrected chi connectivity index (χ4v) is 2.64. The molecule has 2 aromatic rings. The molecule has 0 unspecified atom stereocenters. The van der Waals surface area contributed by atoms with Gasteiger partial charge in [-0.2, -0.15) is 6.08 Å². The normalized spacial score (nSPS) is 13.8. The molecule has 0 saturated heterocycles. The van der Waals surface area contributed by atoms with Gasteiger partial charge in [0.2, 0.25) is 0 Å². The number of rotatable bonds is 3. The van der Waals surface area contributed by atoms with E-state index in [0.717, 1.165) is 12.8 Å². The average Bonchev–Trinajstić information content (AvgIpc) is 2.55. The van der Waals surface area contributed by atoms with Gasteiger partial charge in [0.1, 0.15) is 0 Å². The molecule has 0 heterocycles. The maximum Gasteiger partial charge on any atom is 1.00 e. The van der Waals surface area contributed by atoms with Crippen molar-refractivity contribution in [2.24, 2.45) is 0 Å². The van der Waals surface area contributed by atoms with E-state index in [1.165, 1.54) is 35.1 Å². The molecule has 0 radical (unpaired) electrons. The van der Waals surface area contributed by atoms with E-state index in [9.17, 15) is 0 Å². The summed E-state index contributed by atoms with van der Waals surface area (Å²) in [5.41, 5.74) is 5.21. The molecule has 2 aromatic carbocycles. The topological polar surface area (TPSA) is 0 Å². The van der Waals surface area contributed by atoms with Gasteiger partial charge in [0.15, 0.2) is 0 Å². The largest absolute Gasteiger partial charge is 1.00 e. The Labute approximate surface area is 139 Å². The van der Waals surface area contributed by atoms with Gasteiger partial charge in [-0.15, -0.1) is 6.42 Å². The van der Waals surface area contributed by atoms with Crippen LogP contribution in [0.2, 0.25) is 0 Å². The molecule has 0 amide bonds. The molecule has 0 aromatic heterocycles. The first-order valence-corrected chi connectivity index (χ1v) is 7.36. The molecule has 0 nitrogen and oxygen atoms in total. The summed E-state index contributed by atoms with van der Waals surface area (Å²) in [4.78, 5) is 0. The van der Waals surface area contributed by atoms with E-state index in [0.29, 0.717) is 0 Å². The molecular weight excluding hydrogens is 247 g/mol. The molecule has 0 saturated carbocycles. The van der Waals surface area contributed by atoms with E-state index in [2.05, 4.69) is 72.8 Å². The van der Waals surface area contributed by atoms with Crippen LogP contribution in [0.4, 0.5) is 0 Å². The Balaban J connectivity index is 0.00000161. The number of benzene rings is 2. The minimum atomic E-state index is 0. The standard InChI is InChI=1S/C20H19.Li/c1-4-10-17(11-5-1)16-20(18-12-6-2-7-13-18)19-14-8-3-9-15-19;/h2-3,6-9,12-16H,1,4-5,10H2;/q-1;+1. The zero-order valence-electron chi connectivity index (χ0n) is 12.7. The fraction of sp³-hybridized carbons (Fsp3) is 0.200. The number of hydrogen-bond donors (Lipinski definition) is 0. The predicted octanol–water partition coefficient (Wildman–Crippen LogP) is 2.43. The van der Waals surface area contributed by atoms with Crippen LogP contribution in [0.15, 0.2) is 72.3 Å². The fourth-order valence-electron chi connectivity index (χ4n) is 2.64. The molecule has 0 aliphatic heterocycles. The van der Waals surface area contributed by atoms with Crippen LogP contribution in [0.5, 0.6) is 0 Å². The summed E-state index contributed by atoms with van der Waals surface area (Å²) in [6.45, 7) is 0. The molecule has 1 heteroatoms. The Hall–Kier alpha value is -1.48. The summed E-state index contributed by atoms with van der Waals surface area (Å²) in [5.74, 6) is 0. The Morgan fingerprint density at radius 1 is 0.810 bits per heavy atom. The Bertz CT molecular complexity index is 567. The average molecular weight is 266 g/mol. The van der Waals surface area contributed by atoms with Gasteiger partial charge in [0.25, 0.3) is 0 Å². The summed E-state index contributed by atoms with van der Waals surface area (Å²) in [7, 11) is 0. The van der Waals surface area contributed by atoms with E-state index in [1.807, 2.05) is 0 Å². The van der Waals surface area contributed by atoms with Crippen molar-refractivity contribution < 1.29 is 18.9 Å². The van der Waals surface area contributed by atoms with Crippen molar-refractivity contribution >= 4 is 5.57 Å². The maximum atomic E-state index is 3.53. The zero-order chi connectivity index (χ0) is 13.6. The molecule has 0 fully saturated rings. The molecule has 3 rings (SSSR count). The summed E-state index contributed by atoms with van der Waals surface area (Å²) < 4.78 is 0. The van der Waals surface area contributed by atoms with Gasteiger partial charge < -0.3 is 0 Å². The molecule has 0 N–H and O–H groups in total. The van der Waals surface area contributed by atoms with Crippen LogP contribution in [0.1, 0.15) is 36.8 Å². The second kappa shape index (κ2) is 8.08. The van der Waals surface area contributed by atoms with Crippen molar-refractivity contribution in [3.05, 3.63) is 89.5 Å². The van der Waals surface area contributed by atoms with Crippen LogP contribution in [-0.4, -0.2) is 0 Å². The number of allylic oxidation sites excluding steroid dienone is 3. The zero-order valence-corrected chi connectivity index (χ0v) is 12.7. The van der Waals surface area contributed by atoms with E-state index in [4.69, 9.17) is 0 Å². The minimum Gasteiger partial charge on any atom is -0.272 e. The van der Waals surface area contributed by atoms with E-state index >= 15 is 0 Å². The van der Waals surface area contributed by atoms with Crippen molar-refractivity contribution in [2.75, 3.05) is 0 Å². The van der Waals surface area contributed by atoms with Crippen LogP contribution in [0, 0.1) is 6.08 Å². The van der Waals surface area contributed by atoms with Crippen molar-refractivity contribution in [2.45, 2.75) is 25.7 Å². The minimum absolute atomic E-state index is 0. The summed E-state index contributed by atoms with van der Waals surface area (Å²) in [6.07, 6.45) is 10.7. The maximum absolute atomic E-state index is 3.53. The van der Waals surface area contributed by atoms with Crippen LogP contribution < -0.4 is 18.9 Å². The first-order chi connectivity index (χ1) is 9.93. The van der Waals surface area contributed by atoms with Crippen LogP contribution >= 0.6 is 0 Å². The monoisotopic (exact) mass is 266 g/mol. The Morgan fingerprint density at radius 3 is 1.86 bits per heavy atom. The van der Waals surface area contributed by atoms with Crippen LogP contribution in [0.3, 0.4) is 0 Å². The molecule has 0 spiro atoms. The molecule has 0 atom stereocenters. The van der Waals surface area contributed by atoms with Crippen molar-refractivity contribution in [3.63, 3.8) is 0 Å². The third-order valence-electron chi connectivity index (χ3n) is 3.71. The van der Waals surface area contributed by atoms with Crippen LogP contribution in [-0.2, 0) is 0 Å². The van der Waals surface area contributed by atoms with Gasteiger partial charge in [-0.3, -0.25) is 6.08 Å². The van der Waals surface area contributed by atoms with Crippen molar-refractivity contribution in [1.29, 1.82) is 0 Å². The Kier molecular flexibility index (Phi) is 6.12. The van der Waals surface area contributed by atoms with Gasteiger partial charge in [-0.25, -0.2) is 5.57 Å². The van der Waals surface area contributed by atoms with Gasteiger partial charge >= 0.3 is 18.9 Å². The van der Waals surface area contributed by atoms with Gasteiger partial charge in [0.05, 0.1) is 0 Å². The molecule has 1 aliphatic carbocycles. The van der Waals surface area contributed by atoms with Gasteiger partial charge in [-0.1, -0.05) is 85.5 Å². The predicted molar refractivity (Wildman–Crippen MR) is 85.2 cm³/mol. The Morgan fingerprint density at radius 2 is 1.38 bits per heavy atom. The molecule has 1 aliphatic rings. The van der Waals surface area contributed by atoms with E-state index in [1.54, 1.807) is 0 Å². The molecular formula is C20H19Li. The smallest absolute Gasteiger partial charge is 0.272 e. The summed E-state index contributed by atoms with van der Waals surface area (Å²) >= 11 is 0. The van der Waals surface area contributed by atoms with Crippen LogP contribution in [0.25, 0.3) is 5.57 Å². The molecule has 0 bridgehead atoms. The van der Waals surface area contributed by atoms with Gasteiger partial charge in [0, 0.05) is 0 Å². The van der Waals surface area contributed by atoms with E-state index in [-0.39, 0.29) is 18.9 Å². The summed E-state index contributed by atoms with van der Waals surface area (Å²) in [6, 6.07) is 21.3. The van der Waals surface area contributed by atoms with E-state index < -0.39 is 0 Å². The molecule has 21 heavy (non-hydrogen) atoms. The second-order valence-electron chi connectivity index (χ2n) is 5.20. The van der Waals surface area contributed by atoms with Crippen molar-refractivity contribution in [1.82, 2.24) is 0 Å². The van der Waals surface area contributed by atoms with Crippen molar-refractivity contribution in [3.8, 4) is 0 Å². The quantitative estimate of drug-likeness (QED) is 0.591. The second-order valence-corrected chi connectivity index (χ2v) is 5.20.